The van der Waals surface area contributed by atoms with Crippen molar-refractivity contribution in [2.24, 2.45) is 0 Å². The SMILES string of the molecule is CCc1ccc(-c2cc3c(=O)n(CC(=O)NCCN(CC)CC)ncn3n2)cc1. The fourth-order valence-corrected chi connectivity index (χ4v) is 3.19. The highest BCUT2D eigenvalue weighted by Gasteiger charge is 2.12. The third kappa shape index (κ3) is 4.89. The van der Waals surface area contributed by atoms with E-state index in [1.807, 2.05) is 12.1 Å². The first kappa shape index (κ1) is 20.7. The van der Waals surface area contributed by atoms with Gasteiger partial charge >= 0.3 is 0 Å². The van der Waals surface area contributed by atoms with Gasteiger partial charge in [0.25, 0.3) is 5.56 Å². The molecule has 1 aromatic carbocycles. The van der Waals surface area contributed by atoms with Gasteiger partial charge in [-0.1, -0.05) is 45.0 Å². The summed E-state index contributed by atoms with van der Waals surface area (Å²) in [6.45, 7) is 9.37. The van der Waals surface area contributed by atoms with Gasteiger partial charge in [0.2, 0.25) is 5.91 Å². The molecule has 0 aliphatic carbocycles. The summed E-state index contributed by atoms with van der Waals surface area (Å²) in [6, 6.07) is 9.84. The second-order valence-corrected chi connectivity index (χ2v) is 6.88. The van der Waals surface area contributed by atoms with Crippen molar-refractivity contribution >= 4 is 11.4 Å². The van der Waals surface area contributed by atoms with Crippen molar-refractivity contribution < 1.29 is 4.79 Å². The molecule has 0 spiro atoms. The quantitative estimate of drug-likeness (QED) is 0.594. The normalized spacial score (nSPS) is 11.3. The Morgan fingerprint density at radius 1 is 1.14 bits per heavy atom. The minimum atomic E-state index is -0.338. The van der Waals surface area contributed by atoms with Gasteiger partial charge in [0, 0.05) is 18.7 Å². The van der Waals surface area contributed by atoms with Crippen LogP contribution in [0.15, 0.2) is 41.5 Å². The predicted molar refractivity (Wildman–Crippen MR) is 113 cm³/mol. The van der Waals surface area contributed by atoms with E-state index in [0.717, 1.165) is 31.6 Å². The molecule has 0 atom stereocenters. The number of rotatable bonds is 9. The first-order valence-electron chi connectivity index (χ1n) is 10.1. The van der Waals surface area contributed by atoms with E-state index in [1.165, 1.54) is 21.1 Å². The second kappa shape index (κ2) is 9.47. The van der Waals surface area contributed by atoms with Crippen LogP contribution in [0, 0.1) is 0 Å². The lowest BCUT2D eigenvalue weighted by Crippen LogP contribution is -2.38. The maximum atomic E-state index is 12.7. The van der Waals surface area contributed by atoms with Crippen LogP contribution in [-0.4, -0.2) is 56.4 Å². The Morgan fingerprint density at radius 3 is 2.52 bits per heavy atom. The molecular formula is C21H28N6O2. The summed E-state index contributed by atoms with van der Waals surface area (Å²) in [5, 5.41) is 11.4. The van der Waals surface area contributed by atoms with Crippen LogP contribution < -0.4 is 10.9 Å². The summed E-state index contributed by atoms with van der Waals surface area (Å²) >= 11 is 0. The number of fused-ring (bicyclic) bond motifs is 1. The number of amides is 1. The van der Waals surface area contributed by atoms with Gasteiger partial charge in [-0.25, -0.2) is 9.20 Å². The van der Waals surface area contributed by atoms with Crippen molar-refractivity contribution in [3.8, 4) is 11.3 Å². The number of hydrogen-bond donors (Lipinski definition) is 1. The second-order valence-electron chi connectivity index (χ2n) is 6.88. The molecule has 1 N–H and O–H groups in total. The topological polar surface area (TPSA) is 84.5 Å². The van der Waals surface area contributed by atoms with Crippen molar-refractivity contribution in [3.63, 3.8) is 0 Å². The highest BCUT2D eigenvalue weighted by atomic mass is 16.2. The van der Waals surface area contributed by atoms with Crippen LogP contribution in [0.2, 0.25) is 0 Å². The summed E-state index contributed by atoms with van der Waals surface area (Å²) in [4.78, 5) is 27.1. The van der Waals surface area contributed by atoms with E-state index in [4.69, 9.17) is 0 Å². The summed E-state index contributed by atoms with van der Waals surface area (Å²) in [6.07, 6.45) is 2.43. The average Bonchev–Trinajstić information content (AvgIpc) is 3.18. The Bertz CT molecular complexity index is 1020. The van der Waals surface area contributed by atoms with Gasteiger partial charge in [-0.05, 0) is 31.1 Å². The summed E-state index contributed by atoms with van der Waals surface area (Å²) in [5.74, 6) is -0.231. The molecular weight excluding hydrogens is 368 g/mol. The molecule has 8 heteroatoms. The maximum absolute atomic E-state index is 12.7. The molecule has 29 heavy (non-hydrogen) atoms. The molecule has 154 valence electrons. The number of carbonyl (C=O) groups excluding carboxylic acids is 1. The molecule has 1 amide bonds. The Balaban J connectivity index is 1.72. The van der Waals surface area contributed by atoms with E-state index in [1.54, 1.807) is 6.07 Å². The van der Waals surface area contributed by atoms with E-state index in [0.29, 0.717) is 17.8 Å². The number of nitrogens with zero attached hydrogens (tertiary/aromatic N) is 5. The first-order valence-corrected chi connectivity index (χ1v) is 10.1. The zero-order valence-corrected chi connectivity index (χ0v) is 17.3. The first-order chi connectivity index (χ1) is 14.0. The summed E-state index contributed by atoms with van der Waals surface area (Å²) in [5.41, 5.74) is 2.94. The molecule has 0 saturated heterocycles. The zero-order valence-electron chi connectivity index (χ0n) is 17.3. The zero-order chi connectivity index (χ0) is 20.8. The van der Waals surface area contributed by atoms with Gasteiger partial charge in [-0.3, -0.25) is 9.59 Å². The van der Waals surface area contributed by atoms with Gasteiger partial charge < -0.3 is 10.2 Å². The number of likely N-dealkylation sites (N-methyl/N-ethyl adjacent to an activating group) is 1. The standard InChI is InChI=1S/C21H28N6O2/c1-4-16-7-9-17(10-8-16)18-13-19-21(29)26(23-15-27(19)24-18)14-20(28)22-11-12-25(5-2)6-3/h7-10,13,15H,4-6,11-12,14H2,1-3H3,(H,22,28). The van der Waals surface area contributed by atoms with Gasteiger partial charge in [-0.2, -0.15) is 10.2 Å². The van der Waals surface area contributed by atoms with Crippen LogP contribution in [0.5, 0.6) is 0 Å². The molecule has 0 bridgehead atoms. The maximum Gasteiger partial charge on any atom is 0.293 e. The molecule has 8 nitrogen and oxygen atoms in total. The number of aromatic nitrogens is 4. The van der Waals surface area contributed by atoms with Crippen molar-refractivity contribution in [1.82, 2.24) is 29.6 Å². The largest absolute Gasteiger partial charge is 0.353 e. The van der Waals surface area contributed by atoms with E-state index < -0.39 is 0 Å². The fraction of sp³-hybridized carbons (Fsp3) is 0.429. The highest BCUT2D eigenvalue weighted by molar-refractivity contribution is 5.75. The number of benzene rings is 1. The molecule has 2 heterocycles. The van der Waals surface area contributed by atoms with Gasteiger partial charge in [0.1, 0.15) is 18.4 Å². The molecule has 0 aliphatic heterocycles. The summed E-state index contributed by atoms with van der Waals surface area (Å²) in [7, 11) is 0. The van der Waals surface area contributed by atoms with E-state index in [-0.39, 0.29) is 18.0 Å². The van der Waals surface area contributed by atoms with Crippen molar-refractivity contribution in [1.29, 1.82) is 0 Å². The van der Waals surface area contributed by atoms with Crippen LogP contribution in [0.4, 0.5) is 0 Å². The van der Waals surface area contributed by atoms with Crippen LogP contribution >= 0.6 is 0 Å². The van der Waals surface area contributed by atoms with E-state index in [2.05, 4.69) is 53.3 Å². The monoisotopic (exact) mass is 396 g/mol. The number of aryl methyl sites for hydroxylation is 1. The van der Waals surface area contributed by atoms with Crippen molar-refractivity contribution in [2.45, 2.75) is 33.7 Å². The van der Waals surface area contributed by atoms with Crippen LogP contribution in [0.25, 0.3) is 16.8 Å². The number of carbonyl (C=O) groups is 1. The fourth-order valence-electron chi connectivity index (χ4n) is 3.19. The third-order valence-electron chi connectivity index (χ3n) is 5.09. The molecule has 0 saturated carbocycles. The summed E-state index contributed by atoms with van der Waals surface area (Å²) < 4.78 is 2.63. The molecule has 0 aliphatic rings. The molecule has 3 aromatic rings. The van der Waals surface area contributed by atoms with Gasteiger partial charge in [0.05, 0.1) is 5.69 Å². The number of nitrogens with one attached hydrogen (secondary N) is 1. The van der Waals surface area contributed by atoms with Crippen LogP contribution in [-0.2, 0) is 17.8 Å². The van der Waals surface area contributed by atoms with Crippen molar-refractivity contribution in [3.05, 3.63) is 52.6 Å². The smallest absolute Gasteiger partial charge is 0.293 e. The molecule has 0 fully saturated rings. The van der Waals surface area contributed by atoms with Crippen LogP contribution in [0.3, 0.4) is 0 Å². The van der Waals surface area contributed by atoms with E-state index in [9.17, 15) is 9.59 Å². The predicted octanol–water partition coefficient (Wildman–Crippen LogP) is 1.58. The average molecular weight is 396 g/mol. The molecule has 0 unspecified atom stereocenters. The lowest BCUT2D eigenvalue weighted by Gasteiger charge is -2.17. The molecule has 3 rings (SSSR count). The van der Waals surface area contributed by atoms with Crippen LogP contribution in [0.1, 0.15) is 26.3 Å². The van der Waals surface area contributed by atoms with Gasteiger partial charge in [-0.15, -0.1) is 0 Å². The minimum absolute atomic E-state index is 0.112. The highest BCUT2D eigenvalue weighted by Crippen LogP contribution is 2.19. The lowest BCUT2D eigenvalue weighted by molar-refractivity contribution is -0.121. The third-order valence-corrected chi connectivity index (χ3v) is 5.09. The molecule has 0 radical (unpaired) electrons. The Hall–Kier alpha value is -3.00. The Morgan fingerprint density at radius 2 is 1.86 bits per heavy atom. The molecule has 2 aromatic heterocycles. The van der Waals surface area contributed by atoms with Gasteiger partial charge in [0.15, 0.2) is 0 Å². The van der Waals surface area contributed by atoms with Crippen molar-refractivity contribution in [2.75, 3.05) is 26.2 Å². The lowest BCUT2D eigenvalue weighted by atomic mass is 10.1. The minimum Gasteiger partial charge on any atom is -0.353 e. The Labute approximate surface area is 170 Å². The van der Waals surface area contributed by atoms with E-state index >= 15 is 0 Å². The number of hydrogen-bond acceptors (Lipinski definition) is 5. The Kier molecular flexibility index (Phi) is 6.77.